The summed E-state index contributed by atoms with van der Waals surface area (Å²) in [5.41, 5.74) is 5.85. The van der Waals surface area contributed by atoms with Gasteiger partial charge in [-0.25, -0.2) is 0 Å². The summed E-state index contributed by atoms with van der Waals surface area (Å²) in [4.78, 5) is 11.7. The van der Waals surface area contributed by atoms with Gasteiger partial charge in [-0.05, 0) is 43.1 Å². The first-order valence-electron chi connectivity index (χ1n) is 7.21. The highest BCUT2D eigenvalue weighted by molar-refractivity contribution is 5.76. The third-order valence-corrected chi connectivity index (χ3v) is 3.09. The zero-order chi connectivity index (χ0) is 14.2. The Kier molecular flexibility index (Phi) is 8.25. The Balaban J connectivity index is 3.65. The molecule has 3 nitrogen and oxygen atoms in total. The summed E-state index contributed by atoms with van der Waals surface area (Å²) >= 11 is 0. The summed E-state index contributed by atoms with van der Waals surface area (Å²) in [5, 5.41) is 3.00. The lowest BCUT2D eigenvalue weighted by atomic mass is 9.84. The van der Waals surface area contributed by atoms with E-state index >= 15 is 0 Å². The summed E-state index contributed by atoms with van der Waals surface area (Å²) < 4.78 is 0. The Morgan fingerprint density at radius 3 is 2.33 bits per heavy atom. The van der Waals surface area contributed by atoms with E-state index < -0.39 is 0 Å². The minimum atomic E-state index is 0.187. The van der Waals surface area contributed by atoms with Crippen molar-refractivity contribution < 1.29 is 4.79 Å². The SMILES string of the molecule is CC(CN)CCCNC(=O)CC(C)CC(C)(C)C. The molecule has 108 valence electrons. The lowest BCUT2D eigenvalue weighted by Crippen LogP contribution is -2.27. The number of hydrogen-bond acceptors (Lipinski definition) is 2. The lowest BCUT2D eigenvalue weighted by molar-refractivity contribution is -0.122. The van der Waals surface area contributed by atoms with Crippen molar-refractivity contribution in [1.29, 1.82) is 0 Å². The van der Waals surface area contributed by atoms with Gasteiger partial charge in [0.2, 0.25) is 5.91 Å². The standard InChI is InChI=1S/C15H32N2O/c1-12(11-16)7-6-8-17-14(18)9-13(2)10-15(3,4)5/h12-13H,6-11,16H2,1-5H3,(H,17,18). The third kappa shape index (κ3) is 10.6. The Morgan fingerprint density at radius 2 is 1.83 bits per heavy atom. The molecule has 0 radical (unpaired) electrons. The van der Waals surface area contributed by atoms with Crippen LogP contribution >= 0.6 is 0 Å². The van der Waals surface area contributed by atoms with Crippen LogP contribution in [0.4, 0.5) is 0 Å². The fourth-order valence-corrected chi connectivity index (χ4v) is 2.30. The highest BCUT2D eigenvalue weighted by Gasteiger charge is 2.17. The highest BCUT2D eigenvalue weighted by atomic mass is 16.1. The second-order valence-electron chi connectivity index (χ2n) is 6.91. The fourth-order valence-electron chi connectivity index (χ4n) is 2.30. The van der Waals surface area contributed by atoms with Gasteiger partial charge in [-0.15, -0.1) is 0 Å². The van der Waals surface area contributed by atoms with E-state index in [4.69, 9.17) is 5.73 Å². The van der Waals surface area contributed by atoms with Crippen LogP contribution in [0.25, 0.3) is 0 Å². The largest absolute Gasteiger partial charge is 0.356 e. The second-order valence-corrected chi connectivity index (χ2v) is 6.91. The normalized spacial score (nSPS) is 15.2. The Labute approximate surface area is 113 Å². The summed E-state index contributed by atoms with van der Waals surface area (Å²) in [5.74, 6) is 1.20. The van der Waals surface area contributed by atoms with Crippen molar-refractivity contribution in [3.8, 4) is 0 Å². The first-order valence-corrected chi connectivity index (χ1v) is 7.21. The predicted octanol–water partition coefficient (Wildman–Crippen LogP) is 2.94. The van der Waals surface area contributed by atoms with Crippen LogP contribution < -0.4 is 11.1 Å². The first kappa shape index (κ1) is 17.4. The maximum atomic E-state index is 11.7. The van der Waals surface area contributed by atoms with E-state index in [1.165, 1.54) is 0 Å². The van der Waals surface area contributed by atoms with Crippen molar-refractivity contribution in [2.75, 3.05) is 13.1 Å². The topological polar surface area (TPSA) is 55.1 Å². The van der Waals surface area contributed by atoms with Crippen LogP contribution in [0.1, 0.15) is 60.3 Å². The van der Waals surface area contributed by atoms with Gasteiger partial charge in [0.1, 0.15) is 0 Å². The molecular formula is C15H32N2O. The van der Waals surface area contributed by atoms with E-state index in [-0.39, 0.29) is 5.91 Å². The molecular weight excluding hydrogens is 224 g/mol. The minimum Gasteiger partial charge on any atom is -0.356 e. The Hall–Kier alpha value is -0.570. The molecule has 0 aromatic rings. The molecule has 18 heavy (non-hydrogen) atoms. The molecule has 2 unspecified atom stereocenters. The van der Waals surface area contributed by atoms with E-state index in [9.17, 15) is 4.79 Å². The molecule has 0 saturated carbocycles. The van der Waals surface area contributed by atoms with E-state index in [1.54, 1.807) is 0 Å². The van der Waals surface area contributed by atoms with Gasteiger partial charge in [-0.2, -0.15) is 0 Å². The van der Waals surface area contributed by atoms with Crippen LogP contribution in [0, 0.1) is 17.3 Å². The highest BCUT2D eigenvalue weighted by Crippen LogP contribution is 2.25. The first-order chi connectivity index (χ1) is 8.24. The Morgan fingerprint density at radius 1 is 1.22 bits per heavy atom. The van der Waals surface area contributed by atoms with Gasteiger partial charge in [0.25, 0.3) is 0 Å². The van der Waals surface area contributed by atoms with Crippen LogP contribution in [0.2, 0.25) is 0 Å². The molecule has 0 heterocycles. The monoisotopic (exact) mass is 256 g/mol. The molecule has 1 amide bonds. The minimum absolute atomic E-state index is 0.187. The molecule has 0 aliphatic heterocycles. The molecule has 0 fully saturated rings. The van der Waals surface area contributed by atoms with Gasteiger partial charge < -0.3 is 11.1 Å². The average Bonchev–Trinajstić information content (AvgIpc) is 2.21. The van der Waals surface area contributed by atoms with Crippen LogP contribution in [-0.4, -0.2) is 19.0 Å². The molecule has 0 aromatic carbocycles. The summed E-state index contributed by atoms with van der Waals surface area (Å²) in [7, 11) is 0. The van der Waals surface area contributed by atoms with Crippen molar-refractivity contribution in [2.45, 2.75) is 60.3 Å². The Bertz CT molecular complexity index is 233. The van der Waals surface area contributed by atoms with E-state index in [2.05, 4.69) is 39.9 Å². The molecule has 3 heteroatoms. The number of carbonyl (C=O) groups excluding carboxylic acids is 1. The van der Waals surface area contributed by atoms with Crippen molar-refractivity contribution >= 4 is 5.91 Å². The molecule has 3 N–H and O–H groups in total. The maximum absolute atomic E-state index is 11.7. The average molecular weight is 256 g/mol. The zero-order valence-electron chi connectivity index (χ0n) is 12.9. The molecule has 0 spiro atoms. The molecule has 0 rings (SSSR count). The molecule has 0 aliphatic carbocycles. The van der Waals surface area contributed by atoms with Crippen molar-refractivity contribution in [1.82, 2.24) is 5.32 Å². The third-order valence-electron chi connectivity index (χ3n) is 3.09. The number of nitrogens with two attached hydrogens (primary N) is 1. The van der Waals surface area contributed by atoms with Crippen molar-refractivity contribution in [3.63, 3.8) is 0 Å². The lowest BCUT2D eigenvalue weighted by Gasteiger charge is -2.22. The number of rotatable bonds is 8. The molecule has 0 saturated heterocycles. The van der Waals surface area contributed by atoms with Gasteiger partial charge in [-0.3, -0.25) is 4.79 Å². The van der Waals surface area contributed by atoms with Crippen molar-refractivity contribution in [2.24, 2.45) is 23.0 Å². The fraction of sp³-hybridized carbons (Fsp3) is 0.933. The molecule has 0 aromatic heterocycles. The molecule has 0 bridgehead atoms. The number of nitrogens with one attached hydrogen (secondary N) is 1. The predicted molar refractivity (Wildman–Crippen MR) is 78.3 cm³/mol. The van der Waals surface area contributed by atoms with E-state index in [0.29, 0.717) is 23.7 Å². The smallest absolute Gasteiger partial charge is 0.220 e. The summed E-state index contributed by atoms with van der Waals surface area (Å²) in [6.07, 6.45) is 3.85. The second kappa shape index (κ2) is 8.52. The molecule has 2 atom stereocenters. The van der Waals surface area contributed by atoms with Gasteiger partial charge in [0.05, 0.1) is 0 Å². The molecule has 0 aliphatic rings. The van der Waals surface area contributed by atoms with E-state index in [0.717, 1.165) is 32.4 Å². The number of hydrogen-bond donors (Lipinski definition) is 2. The van der Waals surface area contributed by atoms with Gasteiger partial charge in [-0.1, -0.05) is 34.6 Å². The van der Waals surface area contributed by atoms with E-state index in [1.807, 2.05) is 0 Å². The van der Waals surface area contributed by atoms with Gasteiger partial charge in [0.15, 0.2) is 0 Å². The van der Waals surface area contributed by atoms with Crippen LogP contribution in [-0.2, 0) is 4.79 Å². The number of amides is 1. The van der Waals surface area contributed by atoms with Crippen LogP contribution in [0.3, 0.4) is 0 Å². The summed E-state index contributed by atoms with van der Waals surface area (Å²) in [6, 6.07) is 0. The zero-order valence-corrected chi connectivity index (χ0v) is 12.9. The summed E-state index contributed by atoms with van der Waals surface area (Å²) in [6.45, 7) is 12.5. The maximum Gasteiger partial charge on any atom is 0.220 e. The van der Waals surface area contributed by atoms with Crippen molar-refractivity contribution in [3.05, 3.63) is 0 Å². The van der Waals surface area contributed by atoms with Gasteiger partial charge >= 0.3 is 0 Å². The van der Waals surface area contributed by atoms with Crippen LogP contribution in [0.5, 0.6) is 0 Å². The number of carbonyl (C=O) groups is 1. The quantitative estimate of drug-likeness (QED) is 0.656. The van der Waals surface area contributed by atoms with Crippen LogP contribution in [0.15, 0.2) is 0 Å². The van der Waals surface area contributed by atoms with Gasteiger partial charge in [0, 0.05) is 13.0 Å².